The molecule has 1 aliphatic carbocycles. The summed E-state index contributed by atoms with van der Waals surface area (Å²) in [4.78, 5) is 23.8. The summed E-state index contributed by atoms with van der Waals surface area (Å²) in [7, 11) is 0. The minimum absolute atomic E-state index is 0.0440. The predicted molar refractivity (Wildman–Crippen MR) is 98.0 cm³/mol. The van der Waals surface area contributed by atoms with Crippen LogP contribution in [0, 0.1) is 5.92 Å². The first-order chi connectivity index (χ1) is 12.1. The highest BCUT2D eigenvalue weighted by Gasteiger charge is 2.30. The van der Waals surface area contributed by atoms with Crippen molar-refractivity contribution in [3.63, 3.8) is 0 Å². The molecule has 0 heterocycles. The Labute approximate surface area is 150 Å². The molecule has 0 aromatic heterocycles. The lowest BCUT2D eigenvalue weighted by atomic mass is 9.97. The molecule has 1 fully saturated rings. The van der Waals surface area contributed by atoms with Crippen LogP contribution < -0.4 is 10.6 Å². The Bertz CT molecular complexity index is 541. The van der Waals surface area contributed by atoms with Gasteiger partial charge in [-0.1, -0.05) is 43.2 Å². The smallest absolute Gasteiger partial charge is 0.242 e. The van der Waals surface area contributed by atoms with E-state index < -0.39 is 6.04 Å². The third-order valence-corrected chi connectivity index (χ3v) is 4.77. The third-order valence-electron chi connectivity index (χ3n) is 4.77. The van der Waals surface area contributed by atoms with Crippen LogP contribution >= 0.6 is 0 Å². The maximum atomic E-state index is 12.4. The van der Waals surface area contributed by atoms with Crippen LogP contribution in [0.2, 0.25) is 0 Å². The van der Waals surface area contributed by atoms with Gasteiger partial charge in [-0.2, -0.15) is 0 Å². The van der Waals surface area contributed by atoms with Crippen LogP contribution in [0.15, 0.2) is 30.3 Å². The van der Waals surface area contributed by atoms with Gasteiger partial charge in [0.25, 0.3) is 0 Å². The van der Waals surface area contributed by atoms with E-state index in [4.69, 9.17) is 4.74 Å². The number of ether oxygens (including phenoxy) is 1. The van der Waals surface area contributed by atoms with E-state index in [1.165, 1.54) is 6.92 Å². The maximum Gasteiger partial charge on any atom is 0.242 e. The Balaban J connectivity index is 1.68. The number of carbonyl (C=O) groups excluding carboxylic acids is 2. The lowest BCUT2D eigenvalue weighted by molar-refractivity contribution is -0.129. The molecular formula is C20H30N2O3. The standard InChI is InChI=1S/C20H30N2O3/c1-15(17-9-4-3-5-10-17)25-14-8-13-21-20(24)19(22-16(2)23)18-11-6-7-12-18/h3-5,9-10,15,18-19H,6-8,11-14H2,1-2H3,(H,21,24)(H,22,23). The van der Waals surface area contributed by atoms with E-state index in [0.717, 1.165) is 37.7 Å². The molecule has 0 saturated heterocycles. The summed E-state index contributed by atoms with van der Waals surface area (Å²) >= 11 is 0. The van der Waals surface area contributed by atoms with Crippen molar-refractivity contribution in [1.82, 2.24) is 10.6 Å². The average molecular weight is 346 g/mol. The summed E-state index contributed by atoms with van der Waals surface area (Å²) in [5.41, 5.74) is 1.15. The number of carbonyl (C=O) groups is 2. The Hall–Kier alpha value is -1.88. The molecule has 2 unspecified atom stereocenters. The second-order valence-electron chi connectivity index (χ2n) is 6.79. The van der Waals surface area contributed by atoms with Crippen molar-refractivity contribution in [2.24, 2.45) is 5.92 Å². The first kappa shape index (κ1) is 19.4. The fourth-order valence-electron chi connectivity index (χ4n) is 3.38. The van der Waals surface area contributed by atoms with E-state index in [9.17, 15) is 9.59 Å². The van der Waals surface area contributed by atoms with Gasteiger partial charge < -0.3 is 15.4 Å². The molecule has 1 aromatic rings. The second kappa shape index (κ2) is 10.2. The van der Waals surface area contributed by atoms with Crippen LogP contribution in [0.3, 0.4) is 0 Å². The van der Waals surface area contributed by atoms with Crippen LogP contribution in [0.1, 0.15) is 57.6 Å². The molecule has 0 spiro atoms. The van der Waals surface area contributed by atoms with Gasteiger partial charge in [0.05, 0.1) is 6.10 Å². The molecular weight excluding hydrogens is 316 g/mol. The lowest BCUT2D eigenvalue weighted by Crippen LogP contribution is -2.50. The number of nitrogens with one attached hydrogen (secondary N) is 2. The number of hydrogen-bond acceptors (Lipinski definition) is 3. The summed E-state index contributed by atoms with van der Waals surface area (Å²) in [6, 6.07) is 9.69. The van der Waals surface area contributed by atoms with Crippen LogP contribution in [0.5, 0.6) is 0 Å². The van der Waals surface area contributed by atoms with Crippen molar-refractivity contribution in [1.29, 1.82) is 0 Å². The molecule has 2 rings (SSSR count). The Morgan fingerprint density at radius 3 is 2.52 bits per heavy atom. The summed E-state index contributed by atoms with van der Waals surface area (Å²) in [6.07, 6.45) is 5.09. The zero-order chi connectivity index (χ0) is 18.1. The quantitative estimate of drug-likeness (QED) is 0.676. The van der Waals surface area contributed by atoms with Gasteiger partial charge in [0.15, 0.2) is 0 Å². The van der Waals surface area contributed by atoms with Gasteiger partial charge in [0.2, 0.25) is 11.8 Å². The molecule has 0 radical (unpaired) electrons. The highest BCUT2D eigenvalue weighted by atomic mass is 16.5. The van der Waals surface area contributed by atoms with Gasteiger partial charge in [0, 0.05) is 20.1 Å². The van der Waals surface area contributed by atoms with Gasteiger partial charge in [-0.3, -0.25) is 9.59 Å². The normalized spacial score (nSPS) is 17.0. The van der Waals surface area contributed by atoms with E-state index in [2.05, 4.69) is 10.6 Å². The minimum Gasteiger partial charge on any atom is -0.374 e. The van der Waals surface area contributed by atoms with E-state index >= 15 is 0 Å². The number of amides is 2. The highest BCUT2D eigenvalue weighted by Crippen LogP contribution is 2.27. The molecule has 2 N–H and O–H groups in total. The molecule has 2 atom stereocenters. The van der Waals surface area contributed by atoms with Gasteiger partial charge in [-0.15, -0.1) is 0 Å². The van der Waals surface area contributed by atoms with Gasteiger partial charge in [-0.25, -0.2) is 0 Å². The van der Waals surface area contributed by atoms with Crippen LogP contribution in [0.4, 0.5) is 0 Å². The van der Waals surface area contributed by atoms with Gasteiger partial charge in [0.1, 0.15) is 6.04 Å². The van der Waals surface area contributed by atoms with E-state index in [1.807, 2.05) is 37.3 Å². The van der Waals surface area contributed by atoms with Crippen molar-refractivity contribution in [2.75, 3.05) is 13.2 Å². The van der Waals surface area contributed by atoms with Crippen molar-refractivity contribution in [3.8, 4) is 0 Å². The minimum atomic E-state index is -0.399. The first-order valence-corrected chi connectivity index (χ1v) is 9.29. The van der Waals surface area contributed by atoms with Crippen LogP contribution in [0.25, 0.3) is 0 Å². The molecule has 0 aliphatic heterocycles. The monoisotopic (exact) mass is 346 g/mol. The fraction of sp³-hybridized carbons (Fsp3) is 0.600. The fourth-order valence-corrected chi connectivity index (χ4v) is 3.38. The molecule has 25 heavy (non-hydrogen) atoms. The molecule has 1 aromatic carbocycles. The van der Waals surface area contributed by atoms with Crippen molar-refractivity contribution >= 4 is 11.8 Å². The number of benzene rings is 1. The zero-order valence-electron chi connectivity index (χ0n) is 15.3. The van der Waals surface area contributed by atoms with Crippen molar-refractivity contribution in [3.05, 3.63) is 35.9 Å². The van der Waals surface area contributed by atoms with Crippen LogP contribution in [-0.4, -0.2) is 31.0 Å². The molecule has 1 saturated carbocycles. The first-order valence-electron chi connectivity index (χ1n) is 9.29. The van der Waals surface area contributed by atoms with E-state index in [0.29, 0.717) is 13.2 Å². The summed E-state index contributed by atoms with van der Waals surface area (Å²) < 4.78 is 5.81. The molecule has 5 heteroatoms. The summed E-state index contributed by atoms with van der Waals surface area (Å²) in [6.45, 7) is 4.64. The van der Waals surface area contributed by atoms with Crippen LogP contribution in [-0.2, 0) is 14.3 Å². The Kier molecular flexibility index (Phi) is 7.92. The van der Waals surface area contributed by atoms with Crippen molar-refractivity contribution in [2.45, 2.75) is 58.1 Å². The largest absolute Gasteiger partial charge is 0.374 e. The molecule has 5 nitrogen and oxygen atoms in total. The van der Waals surface area contributed by atoms with Crippen molar-refractivity contribution < 1.29 is 14.3 Å². The molecule has 0 bridgehead atoms. The molecule has 1 aliphatic rings. The zero-order valence-corrected chi connectivity index (χ0v) is 15.3. The summed E-state index contributed by atoms with van der Waals surface area (Å²) in [5.74, 6) is 0.0449. The second-order valence-corrected chi connectivity index (χ2v) is 6.79. The Morgan fingerprint density at radius 2 is 1.88 bits per heavy atom. The van der Waals surface area contributed by atoms with E-state index in [-0.39, 0.29) is 23.8 Å². The molecule has 138 valence electrons. The van der Waals surface area contributed by atoms with Gasteiger partial charge >= 0.3 is 0 Å². The summed E-state index contributed by atoms with van der Waals surface area (Å²) in [5, 5.41) is 5.76. The number of hydrogen-bond donors (Lipinski definition) is 2. The molecule has 2 amide bonds. The predicted octanol–water partition coefficient (Wildman–Crippen LogP) is 2.97. The maximum absolute atomic E-state index is 12.4. The van der Waals surface area contributed by atoms with Gasteiger partial charge in [-0.05, 0) is 37.7 Å². The highest BCUT2D eigenvalue weighted by molar-refractivity contribution is 5.87. The third kappa shape index (κ3) is 6.50. The average Bonchev–Trinajstić information content (AvgIpc) is 3.14. The lowest BCUT2D eigenvalue weighted by Gasteiger charge is -2.23. The SMILES string of the molecule is CC(=O)NC(C(=O)NCCCOC(C)c1ccccc1)C1CCCC1. The number of rotatable bonds is 9. The van der Waals surface area contributed by atoms with E-state index in [1.54, 1.807) is 0 Å². The topological polar surface area (TPSA) is 67.4 Å². The Morgan fingerprint density at radius 1 is 1.20 bits per heavy atom.